The highest BCUT2D eigenvalue weighted by atomic mass is 35.5. The third-order valence-corrected chi connectivity index (χ3v) is 5.44. The number of methoxy groups -OCH3 is 1. The van der Waals surface area contributed by atoms with Gasteiger partial charge in [0, 0.05) is 49.0 Å². The molecular formula is C20H23ClF3N3O2. The maximum absolute atomic E-state index is 13.0. The van der Waals surface area contributed by atoms with E-state index in [0.717, 1.165) is 38.5 Å². The van der Waals surface area contributed by atoms with E-state index in [-0.39, 0.29) is 18.2 Å². The Morgan fingerprint density at radius 1 is 1.21 bits per heavy atom. The summed E-state index contributed by atoms with van der Waals surface area (Å²) in [5, 5.41) is 13.1. The Labute approximate surface area is 172 Å². The normalized spacial score (nSPS) is 21.0. The molecule has 2 aromatic rings. The number of aliphatic hydroxyl groups is 1. The fraction of sp³-hybridized carbons (Fsp3) is 0.500. The monoisotopic (exact) mass is 429 g/mol. The summed E-state index contributed by atoms with van der Waals surface area (Å²) in [6.45, 7) is 0.204. The maximum Gasteiger partial charge on any atom is 0.418 e. The minimum Gasteiger partial charge on any atom is -0.396 e. The van der Waals surface area contributed by atoms with E-state index in [1.165, 1.54) is 18.3 Å². The van der Waals surface area contributed by atoms with E-state index in [1.807, 2.05) is 0 Å². The van der Waals surface area contributed by atoms with Gasteiger partial charge in [-0.1, -0.05) is 17.7 Å². The van der Waals surface area contributed by atoms with Gasteiger partial charge in [0.2, 0.25) is 0 Å². The number of aliphatic hydroxyl groups excluding tert-OH is 1. The van der Waals surface area contributed by atoms with Crippen molar-refractivity contribution in [1.29, 1.82) is 0 Å². The predicted octanol–water partition coefficient (Wildman–Crippen LogP) is 5.01. The zero-order valence-electron chi connectivity index (χ0n) is 15.9. The Hall–Kier alpha value is -1.90. The van der Waals surface area contributed by atoms with Crippen LogP contribution in [0.15, 0.2) is 30.6 Å². The molecule has 9 heteroatoms. The lowest BCUT2D eigenvalue weighted by molar-refractivity contribution is -0.216. The van der Waals surface area contributed by atoms with Crippen molar-refractivity contribution in [1.82, 2.24) is 9.97 Å². The van der Waals surface area contributed by atoms with E-state index in [0.29, 0.717) is 22.3 Å². The summed E-state index contributed by atoms with van der Waals surface area (Å²) in [7, 11) is 1.02. The summed E-state index contributed by atoms with van der Waals surface area (Å²) in [6.07, 6.45) is -0.107. The quantitative estimate of drug-likeness (QED) is 0.632. The molecule has 0 bridgehead atoms. The average molecular weight is 430 g/mol. The Morgan fingerprint density at radius 3 is 2.48 bits per heavy atom. The van der Waals surface area contributed by atoms with Gasteiger partial charge in [-0.25, -0.2) is 4.98 Å². The molecule has 0 aromatic carbocycles. The summed E-state index contributed by atoms with van der Waals surface area (Å²) in [6, 6.07) is 4.79. The van der Waals surface area contributed by atoms with Crippen molar-refractivity contribution in [2.45, 2.75) is 44.0 Å². The molecule has 5 nitrogen and oxygen atoms in total. The minimum absolute atomic E-state index is 0.0671. The molecule has 1 aliphatic rings. The second-order valence-electron chi connectivity index (χ2n) is 7.23. The van der Waals surface area contributed by atoms with E-state index < -0.39 is 12.3 Å². The molecule has 0 saturated heterocycles. The van der Waals surface area contributed by atoms with Gasteiger partial charge in [0.15, 0.2) is 6.10 Å². The van der Waals surface area contributed by atoms with E-state index in [2.05, 4.69) is 20.0 Å². The largest absolute Gasteiger partial charge is 0.418 e. The molecule has 1 atom stereocenters. The number of anilines is 1. The Kier molecular flexibility index (Phi) is 6.97. The third-order valence-electron chi connectivity index (χ3n) is 5.23. The van der Waals surface area contributed by atoms with Crippen LogP contribution in [0.5, 0.6) is 0 Å². The number of hydrogen-bond acceptors (Lipinski definition) is 5. The number of nitrogens with zero attached hydrogens (tertiary/aromatic N) is 2. The summed E-state index contributed by atoms with van der Waals surface area (Å²) < 4.78 is 43.7. The van der Waals surface area contributed by atoms with Crippen molar-refractivity contribution < 1.29 is 23.0 Å². The lowest BCUT2D eigenvalue weighted by Gasteiger charge is -2.29. The highest BCUT2D eigenvalue weighted by Crippen LogP contribution is 2.36. The number of alkyl halides is 3. The topological polar surface area (TPSA) is 67.3 Å². The number of nitrogens with one attached hydrogen (secondary N) is 1. The molecule has 0 spiro atoms. The highest BCUT2D eigenvalue weighted by molar-refractivity contribution is 6.29. The van der Waals surface area contributed by atoms with Gasteiger partial charge in [0.1, 0.15) is 5.15 Å². The summed E-state index contributed by atoms with van der Waals surface area (Å²) >= 11 is 6.06. The van der Waals surface area contributed by atoms with Gasteiger partial charge >= 0.3 is 6.18 Å². The van der Waals surface area contributed by atoms with Crippen molar-refractivity contribution in [2.75, 3.05) is 19.0 Å². The number of aromatic nitrogens is 2. The molecule has 2 aromatic heterocycles. The molecule has 2 N–H and O–H groups in total. The van der Waals surface area contributed by atoms with Crippen LogP contribution in [-0.4, -0.2) is 41.0 Å². The molecule has 158 valence electrons. The lowest BCUT2D eigenvalue weighted by atomic mass is 9.86. The van der Waals surface area contributed by atoms with Crippen LogP contribution in [0, 0.1) is 5.92 Å². The summed E-state index contributed by atoms with van der Waals surface area (Å²) in [5.74, 6) is 0.338. The van der Waals surface area contributed by atoms with Gasteiger partial charge in [0.05, 0.1) is 5.69 Å². The fourth-order valence-corrected chi connectivity index (χ4v) is 3.80. The summed E-state index contributed by atoms with van der Waals surface area (Å²) in [4.78, 5) is 8.30. The van der Waals surface area contributed by atoms with Crippen molar-refractivity contribution in [3.05, 3.63) is 41.3 Å². The van der Waals surface area contributed by atoms with Gasteiger partial charge in [-0.05, 0) is 43.7 Å². The van der Waals surface area contributed by atoms with Crippen LogP contribution in [-0.2, 0) is 4.74 Å². The first kappa shape index (κ1) is 21.8. The van der Waals surface area contributed by atoms with Crippen molar-refractivity contribution >= 4 is 17.3 Å². The highest BCUT2D eigenvalue weighted by Gasteiger charge is 2.41. The van der Waals surface area contributed by atoms with Crippen LogP contribution < -0.4 is 5.32 Å². The standard InChI is InChI=1S/C20H23ClF3N3O2/c1-29-19(20(22,23)24)13-4-7-16(25-9-13)15-10-26-18(21)8-17(15)27-14-5-2-12(11-28)3-6-14/h4,7-10,12,14,19,28H,2-3,5-6,11H2,1H3,(H,26,27)/t12?,14?,19-/m0/s1. The number of pyridine rings is 2. The number of rotatable bonds is 6. The molecule has 0 unspecified atom stereocenters. The van der Waals surface area contributed by atoms with Crippen LogP contribution in [0.4, 0.5) is 18.9 Å². The zero-order chi connectivity index (χ0) is 21.0. The molecule has 0 radical (unpaired) electrons. The minimum atomic E-state index is -4.51. The first-order valence-electron chi connectivity index (χ1n) is 9.40. The van der Waals surface area contributed by atoms with Crippen LogP contribution >= 0.6 is 11.6 Å². The number of ether oxygens (including phenoxy) is 1. The Balaban J connectivity index is 1.82. The molecular weight excluding hydrogens is 407 g/mol. The smallest absolute Gasteiger partial charge is 0.396 e. The van der Waals surface area contributed by atoms with Crippen molar-refractivity contribution in [2.24, 2.45) is 5.92 Å². The van der Waals surface area contributed by atoms with Crippen LogP contribution in [0.1, 0.15) is 37.4 Å². The van der Waals surface area contributed by atoms with E-state index in [1.54, 1.807) is 12.3 Å². The van der Waals surface area contributed by atoms with E-state index >= 15 is 0 Å². The second kappa shape index (κ2) is 9.28. The fourth-order valence-electron chi connectivity index (χ4n) is 3.64. The predicted molar refractivity (Wildman–Crippen MR) is 105 cm³/mol. The Bertz CT molecular complexity index is 810. The Morgan fingerprint density at radius 2 is 1.93 bits per heavy atom. The molecule has 0 aliphatic heterocycles. The molecule has 1 fully saturated rings. The maximum atomic E-state index is 13.0. The number of halogens is 4. The average Bonchev–Trinajstić information content (AvgIpc) is 2.69. The van der Waals surface area contributed by atoms with Crippen molar-refractivity contribution in [3.63, 3.8) is 0 Å². The van der Waals surface area contributed by atoms with E-state index in [4.69, 9.17) is 11.6 Å². The molecule has 0 amide bonds. The first-order chi connectivity index (χ1) is 13.8. The van der Waals surface area contributed by atoms with Crippen LogP contribution in [0.25, 0.3) is 11.3 Å². The van der Waals surface area contributed by atoms with Gasteiger partial charge in [-0.15, -0.1) is 0 Å². The van der Waals surface area contributed by atoms with Gasteiger partial charge in [-0.2, -0.15) is 13.2 Å². The summed E-state index contributed by atoms with van der Waals surface area (Å²) in [5.41, 5.74) is 1.81. The molecule has 2 heterocycles. The molecule has 3 rings (SSSR count). The lowest BCUT2D eigenvalue weighted by Crippen LogP contribution is -2.27. The second-order valence-corrected chi connectivity index (χ2v) is 7.62. The molecule has 29 heavy (non-hydrogen) atoms. The zero-order valence-corrected chi connectivity index (χ0v) is 16.7. The van der Waals surface area contributed by atoms with E-state index in [9.17, 15) is 18.3 Å². The van der Waals surface area contributed by atoms with Gasteiger partial charge < -0.3 is 15.2 Å². The molecule has 1 saturated carbocycles. The first-order valence-corrected chi connectivity index (χ1v) is 9.78. The molecule has 1 aliphatic carbocycles. The number of hydrogen-bond donors (Lipinski definition) is 2. The third kappa shape index (κ3) is 5.38. The van der Waals surface area contributed by atoms with Crippen LogP contribution in [0.2, 0.25) is 5.15 Å². The van der Waals surface area contributed by atoms with Gasteiger partial charge in [0.25, 0.3) is 0 Å². The van der Waals surface area contributed by atoms with Crippen molar-refractivity contribution in [3.8, 4) is 11.3 Å². The SMILES string of the molecule is CO[C@@H](c1ccc(-c2cnc(Cl)cc2NC2CCC(CO)CC2)nc1)C(F)(F)F. The van der Waals surface area contributed by atoms with Gasteiger partial charge in [-0.3, -0.25) is 4.98 Å². The van der Waals surface area contributed by atoms with Crippen LogP contribution in [0.3, 0.4) is 0 Å².